The summed E-state index contributed by atoms with van der Waals surface area (Å²) in [6, 6.07) is 0. The van der Waals surface area contributed by atoms with E-state index in [2.05, 4.69) is 10.2 Å². The first-order valence-electron chi connectivity index (χ1n) is 9.04. The Balaban J connectivity index is 2.21. The number of carboxylic acid groups (broad SMARTS) is 1. The van der Waals surface area contributed by atoms with E-state index < -0.39 is 11.4 Å². The maximum atomic E-state index is 13.1. The molecule has 1 fully saturated rings. The van der Waals surface area contributed by atoms with Gasteiger partial charge in [0.2, 0.25) is 11.6 Å². The number of ketones is 2. The lowest BCUT2D eigenvalue weighted by Gasteiger charge is -2.32. The molecule has 0 unspecified atom stereocenters. The Morgan fingerprint density at radius 3 is 2.44 bits per heavy atom. The Morgan fingerprint density at radius 1 is 1.26 bits per heavy atom. The molecule has 0 saturated carbocycles. The van der Waals surface area contributed by atoms with Crippen molar-refractivity contribution in [3.8, 4) is 0 Å². The fourth-order valence-corrected chi connectivity index (χ4v) is 3.60. The van der Waals surface area contributed by atoms with Crippen molar-refractivity contribution < 1.29 is 29.0 Å². The zero-order valence-corrected chi connectivity index (χ0v) is 16.4. The molecule has 0 amide bonds. The number of nitrogens with one attached hydrogen (secondary N) is 1. The minimum atomic E-state index is -1.02. The van der Waals surface area contributed by atoms with Crippen LogP contribution in [0.1, 0.15) is 27.2 Å². The molecule has 0 aromatic carbocycles. The van der Waals surface area contributed by atoms with E-state index in [0.29, 0.717) is 26.3 Å². The molecule has 0 radical (unpaired) electrons. The molecule has 2 rings (SSSR count). The largest absolute Gasteiger partial charge is 0.491 e. The van der Waals surface area contributed by atoms with Gasteiger partial charge in [-0.05, 0) is 6.92 Å². The van der Waals surface area contributed by atoms with Crippen LogP contribution >= 0.6 is 0 Å². The maximum Gasteiger partial charge on any atom is 0.304 e. The number of Topliss-reactive ketones (excluding diaryl/α,β-unsaturated/α-hetero) is 2. The second-order valence-electron chi connectivity index (χ2n) is 7.40. The van der Waals surface area contributed by atoms with Crippen LogP contribution in [0.3, 0.4) is 0 Å². The molecule has 1 heterocycles. The number of carboxylic acids is 1. The monoisotopic (exact) mass is 380 g/mol. The second kappa shape index (κ2) is 8.67. The summed E-state index contributed by atoms with van der Waals surface area (Å²) in [6.07, 6.45) is -0.248. The Hall–Kier alpha value is -2.19. The topological polar surface area (TPSA) is 105 Å². The number of morpholine rings is 1. The highest BCUT2D eigenvalue weighted by Crippen LogP contribution is 2.38. The van der Waals surface area contributed by atoms with Gasteiger partial charge in [0.15, 0.2) is 5.76 Å². The average molecular weight is 380 g/mol. The molecular weight excluding hydrogens is 352 g/mol. The fourth-order valence-electron chi connectivity index (χ4n) is 3.60. The van der Waals surface area contributed by atoms with Crippen LogP contribution in [0.4, 0.5) is 0 Å². The van der Waals surface area contributed by atoms with Crippen molar-refractivity contribution in [3.63, 3.8) is 0 Å². The van der Waals surface area contributed by atoms with Gasteiger partial charge in [-0.25, -0.2) is 0 Å². The zero-order valence-electron chi connectivity index (χ0n) is 16.4. The first-order valence-corrected chi connectivity index (χ1v) is 9.04. The molecule has 2 N–H and O–H groups in total. The van der Waals surface area contributed by atoms with Gasteiger partial charge < -0.3 is 19.9 Å². The van der Waals surface area contributed by atoms with E-state index in [4.69, 9.17) is 9.47 Å². The molecule has 8 nitrogen and oxygen atoms in total. The molecule has 1 aliphatic heterocycles. The van der Waals surface area contributed by atoms with Crippen molar-refractivity contribution >= 4 is 17.5 Å². The Labute approximate surface area is 159 Å². The highest BCUT2D eigenvalue weighted by atomic mass is 16.5. The van der Waals surface area contributed by atoms with E-state index in [0.717, 1.165) is 13.1 Å². The van der Waals surface area contributed by atoms with Gasteiger partial charge in [-0.1, -0.05) is 13.8 Å². The Bertz CT molecular complexity index is 686. The Kier molecular flexibility index (Phi) is 6.78. The van der Waals surface area contributed by atoms with Crippen LogP contribution in [-0.2, 0) is 23.9 Å². The minimum Gasteiger partial charge on any atom is -0.491 e. The van der Waals surface area contributed by atoms with E-state index in [1.165, 1.54) is 7.11 Å². The molecule has 0 atom stereocenters. The van der Waals surface area contributed by atoms with Gasteiger partial charge in [0, 0.05) is 42.7 Å². The lowest BCUT2D eigenvalue weighted by Crippen LogP contribution is -2.42. The average Bonchev–Trinajstić information content (AvgIpc) is 2.59. The molecule has 1 saturated heterocycles. The summed E-state index contributed by atoms with van der Waals surface area (Å²) < 4.78 is 10.5. The molecule has 1 aliphatic carbocycles. The third-order valence-electron chi connectivity index (χ3n) is 4.91. The van der Waals surface area contributed by atoms with Crippen LogP contribution in [0.2, 0.25) is 0 Å². The normalized spacial score (nSPS) is 19.6. The number of allylic oxidation sites excluding steroid dienone is 2. The van der Waals surface area contributed by atoms with Gasteiger partial charge in [0.05, 0.1) is 26.7 Å². The van der Waals surface area contributed by atoms with Gasteiger partial charge >= 0.3 is 5.97 Å². The van der Waals surface area contributed by atoms with E-state index in [-0.39, 0.29) is 40.6 Å². The third-order valence-corrected chi connectivity index (χ3v) is 4.91. The van der Waals surface area contributed by atoms with E-state index in [9.17, 15) is 19.5 Å². The molecule has 150 valence electrons. The molecule has 0 bridgehead atoms. The van der Waals surface area contributed by atoms with E-state index >= 15 is 0 Å². The van der Waals surface area contributed by atoms with Gasteiger partial charge in [-0.3, -0.25) is 19.3 Å². The summed E-state index contributed by atoms with van der Waals surface area (Å²) in [7, 11) is 1.35. The minimum absolute atomic E-state index is 0.0191. The fraction of sp³-hybridized carbons (Fsp3) is 0.632. The van der Waals surface area contributed by atoms with Gasteiger partial charge in [0.25, 0.3) is 0 Å². The van der Waals surface area contributed by atoms with Crippen LogP contribution in [0.15, 0.2) is 22.6 Å². The lowest BCUT2D eigenvalue weighted by molar-refractivity contribution is -0.139. The number of methoxy groups -OCH3 is 1. The van der Waals surface area contributed by atoms with Crippen LogP contribution < -0.4 is 5.32 Å². The number of hydrogen-bond acceptors (Lipinski definition) is 7. The van der Waals surface area contributed by atoms with Crippen molar-refractivity contribution in [2.24, 2.45) is 5.41 Å². The van der Waals surface area contributed by atoms with Crippen LogP contribution in [0.25, 0.3) is 0 Å². The Morgan fingerprint density at radius 2 is 1.89 bits per heavy atom. The molecule has 0 aromatic rings. The molecular formula is C19H28N2O6. The highest BCUT2D eigenvalue weighted by molar-refractivity contribution is 6.24. The summed E-state index contributed by atoms with van der Waals surface area (Å²) in [6.45, 7) is 9.03. The SMILES string of the molecule is COC1=C(NCCN2CCOCC2)C(=O)C(C(C)(C)CC(=O)O)=C(C)C1=O. The predicted molar refractivity (Wildman–Crippen MR) is 98.0 cm³/mol. The van der Waals surface area contributed by atoms with Crippen molar-refractivity contribution in [2.75, 3.05) is 46.5 Å². The predicted octanol–water partition coefficient (Wildman–Crippen LogP) is 0.735. The first kappa shape index (κ1) is 21.1. The summed E-state index contributed by atoms with van der Waals surface area (Å²) in [5.41, 5.74) is -0.403. The van der Waals surface area contributed by atoms with Crippen LogP contribution in [0.5, 0.6) is 0 Å². The van der Waals surface area contributed by atoms with Crippen LogP contribution in [-0.4, -0.2) is 74.0 Å². The maximum absolute atomic E-state index is 13.1. The quantitative estimate of drug-likeness (QED) is 0.594. The number of aliphatic carboxylic acids is 1. The van der Waals surface area contributed by atoms with Gasteiger partial charge in [-0.2, -0.15) is 0 Å². The first-order chi connectivity index (χ1) is 12.7. The van der Waals surface area contributed by atoms with Gasteiger partial charge in [-0.15, -0.1) is 0 Å². The number of nitrogens with zero attached hydrogens (tertiary/aromatic N) is 1. The zero-order chi connectivity index (χ0) is 20.2. The number of carbonyl (C=O) groups excluding carboxylic acids is 2. The van der Waals surface area contributed by atoms with Crippen molar-refractivity contribution in [1.82, 2.24) is 10.2 Å². The standard InChI is InChI=1S/C19H28N2O6/c1-12-14(19(2,3)11-13(22)23)17(25)15(18(26-4)16(12)24)20-5-6-21-7-9-27-10-8-21/h20H,5-11H2,1-4H3,(H,22,23). The second-order valence-corrected chi connectivity index (χ2v) is 7.40. The van der Waals surface area contributed by atoms with Crippen LogP contribution in [0, 0.1) is 5.41 Å². The third kappa shape index (κ3) is 4.75. The summed E-state index contributed by atoms with van der Waals surface area (Å²) >= 11 is 0. The summed E-state index contributed by atoms with van der Waals surface area (Å²) in [5, 5.41) is 12.2. The summed E-state index contributed by atoms with van der Waals surface area (Å²) in [5.74, 6) is -1.81. The smallest absolute Gasteiger partial charge is 0.304 e. The summed E-state index contributed by atoms with van der Waals surface area (Å²) in [4.78, 5) is 39.3. The molecule has 8 heteroatoms. The molecule has 2 aliphatic rings. The van der Waals surface area contributed by atoms with Crippen molar-refractivity contribution in [2.45, 2.75) is 27.2 Å². The molecule has 0 aromatic heterocycles. The molecule has 0 spiro atoms. The van der Waals surface area contributed by atoms with Crippen molar-refractivity contribution in [1.29, 1.82) is 0 Å². The molecule has 27 heavy (non-hydrogen) atoms. The van der Waals surface area contributed by atoms with E-state index in [1.807, 2.05) is 0 Å². The number of carbonyl (C=O) groups is 3. The highest BCUT2D eigenvalue weighted by Gasteiger charge is 2.41. The lowest BCUT2D eigenvalue weighted by atomic mass is 9.73. The van der Waals surface area contributed by atoms with E-state index in [1.54, 1.807) is 20.8 Å². The number of hydrogen-bond donors (Lipinski definition) is 2. The number of ether oxygens (including phenoxy) is 2. The number of rotatable bonds is 8. The van der Waals surface area contributed by atoms with Crippen molar-refractivity contribution in [3.05, 3.63) is 22.6 Å². The van der Waals surface area contributed by atoms with Gasteiger partial charge in [0.1, 0.15) is 5.70 Å².